The molecule has 0 unspecified atom stereocenters. The van der Waals surface area contributed by atoms with E-state index >= 15 is 0 Å². The van der Waals surface area contributed by atoms with Gasteiger partial charge < -0.3 is 14.2 Å². The minimum Gasteiger partial charge on any atom is -0.493 e. The molecule has 6 heteroatoms. The first-order valence-corrected chi connectivity index (χ1v) is 11.5. The Bertz CT molecular complexity index is 875. The number of methoxy groups -OCH3 is 1. The number of nitrogens with zero attached hydrogens (tertiary/aromatic N) is 2. The first kappa shape index (κ1) is 19.4. The van der Waals surface area contributed by atoms with Crippen LogP contribution in [0.15, 0.2) is 18.2 Å². The minimum atomic E-state index is 0.508. The summed E-state index contributed by atoms with van der Waals surface area (Å²) in [4.78, 5) is 8.04. The molecule has 156 valence electrons. The number of hydrogen-bond acceptors (Lipinski definition) is 6. The number of aryl methyl sites for hydroxylation is 1. The molecule has 0 N–H and O–H groups in total. The van der Waals surface area contributed by atoms with Gasteiger partial charge in [0.25, 0.3) is 0 Å². The fraction of sp³-hybridized carbons (Fsp3) is 0.565. The van der Waals surface area contributed by atoms with Gasteiger partial charge in [-0.25, -0.2) is 0 Å². The van der Waals surface area contributed by atoms with Crippen molar-refractivity contribution >= 4 is 11.3 Å². The highest BCUT2D eigenvalue weighted by atomic mass is 32.1. The van der Waals surface area contributed by atoms with E-state index in [1.807, 2.05) is 11.3 Å². The Kier molecular flexibility index (Phi) is 5.52. The lowest BCUT2D eigenvalue weighted by molar-refractivity contribution is 0.0321. The molecular formula is C23H30N2O3S. The van der Waals surface area contributed by atoms with E-state index in [-0.39, 0.29) is 0 Å². The molecule has 4 heterocycles. The van der Waals surface area contributed by atoms with E-state index in [0.29, 0.717) is 12.6 Å². The van der Waals surface area contributed by atoms with Gasteiger partial charge in [-0.1, -0.05) is 6.07 Å². The summed E-state index contributed by atoms with van der Waals surface area (Å²) in [7, 11) is 1.77. The number of ether oxygens (including phenoxy) is 3. The zero-order chi connectivity index (χ0) is 19.8. The van der Waals surface area contributed by atoms with Crippen molar-refractivity contribution in [2.75, 3.05) is 53.1 Å². The van der Waals surface area contributed by atoms with Crippen molar-refractivity contribution in [3.63, 3.8) is 0 Å². The Morgan fingerprint density at radius 2 is 2.07 bits per heavy atom. The average molecular weight is 415 g/mol. The Hall–Kier alpha value is -1.60. The lowest BCUT2D eigenvalue weighted by atomic mass is 9.86. The number of fused-ring (bicyclic) bond motifs is 4. The van der Waals surface area contributed by atoms with Gasteiger partial charge in [-0.15, -0.1) is 11.3 Å². The van der Waals surface area contributed by atoms with Crippen LogP contribution < -0.4 is 9.47 Å². The molecule has 29 heavy (non-hydrogen) atoms. The molecular weight excluding hydrogens is 384 g/mol. The molecule has 1 aromatic heterocycles. The van der Waals surface area contributed by atoms with E-state index < -0.39 is 0 Å². The highest BCUT2D eigenvalue weighted by Crippen LogP contribution is 2.45. The molecule has 0 saturated carbocycles. The number of morpholine rings is 1. The van der Waals surface area contributed by atoms with Crippen LogP contribution in [0.25, 0.3) is 0 Å². The van der Waals surface area contributed by atoms with Gasteiger partial charge in [-0.3, -0.25) is 9.80 Å². The summed E-state index contributed by atoms with van der Waals surface area (Å²) in [5, 5.41) is 0. The van der Waals surface area contributed by atoms with Gasteiger partial charge in [0.1, 0.15) is 6.61 Å². The second kappa shape index (κ2) is 8.26. The van der Waals surface area contributed by atoms with Crippen molar-refractivity contribution in [3.8, 4) is 11.5 Å². The summed E-state index contributed by atoms with van der Waals surface area (Å²) >= 11 is 1.97. The van der Waals surface area contributed by atoms with Crippen molar-refractivity contribution in [1.29, 1.82) is 0 Å². The minimum absolute atomic E-state index is 0.508. The van der Waals surface area contributed by atoms with E-state index in [1.54, 1.807) is 17.6 Å². The van der Waals surface area contributed by atoms with E-state index in [4.69, 9.17) is 14.2 Å². The Balaban J connectivity index is 1.33. The molecule has 1 saturated heterocycles. The van der Waals surface area contributed by atoms with Gasteiger partial charge in [0, 0.05) is 54.1 Å². The second-order valence-electron chi connectivity index (χ2n) is 8.21. The van der Waals surface area contributed by atoms with Crippen molar-refractivity contribution in [3.05, 3.63) is 44.6 Å². The quantitative estimate of drug-likeness (QED) is 0.749. The molecule has 3 aliphatic rings. The van der Waals surface area contributed by atoms with Gasteiger partial charge >= 0.3 is 0 Å². The van der Waals surface area contributed by atoms with Crippen LogP contribution >= 0.6 is 11.3 Å². The summed E-state index contributed by atoms with van der Waals surface area (Å²) in [6.45, 7) is 9.54. The summed E-state index contributed by atoms with van der Waals surface area (Å²) in [5.74, 6) is 1.80. The smallest absolute Gasteiger partial charge is 0.165 e. The molecule has 1 fully saturated rings. The normalized spacial score (nSPS) is 21.9. The van der Waals surface area contributed by atoms with E-state index in [1.165, 1.54) is 16.0 Å². The highest BCUT2D eigenvalue weighted by Gasteiger charge is 2.35. The molecule has 2 aromatic rings. The van der Waals surface area contributed by atoms with E-state index in [9.17, 15) is 0 Å². The molecule has 0 radical (unpaired) electrons. The molecule has 1 atom stereocenters. The van der Waals surface area contributed by atoms with E-state index in [2.05, 4.69) is 34.9 Å². The van der Waals surface area contributed by atoms with Crippen LogP contribution in [-0.4, -0.2) is 62.9 Å². The Morgan fingerprint density at radius 1 is 1.21 bits per heavy atom. The molecule has 0 aliphatic carbocycles. The number of thiophene rings is 1. The lowest BCUT2D eigenvalue weighted by Crippen LogP contribution is -2.39. The van der Waals surface area contributed by atoms with Gasteiger partial charge in [0.15, 0.2) is 11.5 Å². The summed E-state index contributed by atoms with van der Waals surface area (Å²) in [6, 6.07) is 7.28. The first-order chi connectivity index (χ1) is 14.2. The predicted octanol–water partition coefficient (Wildman–Crippen LogP) is 3.43. The molecule has 5 rings (SSSR count). The van der Waals surface area contributed by atoms with Gasteiger partial charge in [0.2, 0.25) is 0 Å². The Labute approximate surface area is 177 Å². The van der Waals surface area contributed by atoms with Gasteiger partial charge in [-0.2, -0.15) is 0 Å². The summed E-state index contributed by atoms with van der Waals surface area (Å²) in [6.07, 6.45) is 2.22. The maximum absolute atomic E-state index is 6.17. The van der Waals surface area contributed by atoms with E-state index in [0.717, 1.165) is 70.3 Å². The Morgan fingerprint density at radius 3 is 2.90 bits per heavy atom. The molecule has 3 aliphatic heterocycles. The zero-order valence-corrected chi connectivity index (χ0v) is 18.2. The van der Waals surface area contributed by atoms with Gasteiger partial charge in [-0.05, 0) is 43.0 Å². The van der Waals surface area contributed by atoms with Crippen LogP contribution in [0.5, 0.6) is 11.5 Å². The zero-order valence-electron chi connectivity index (χ0n) is 17.4. The van der Waals surface area contributed by atoms with Gasteiger partial charge in [0.05, 0.1) is 20.3 Å². The van der Waals surface area contributed by atoms with Crippen molar-refractivity contribution in [2.45, 2.75) is 32.4 Å². The predicted molar refractivity (Wildman–Crippen MR) is 115 cm³/mol. The van der Waals surface area contributed by atoms with Crippen LogP contribution in [0.4, 0.5) is 0 Å². The molecule has 0 bridgehead atoms. The standard InChI is InChI=1S/C23H30N2O3S/c1-16-13-18-20-14-17-3-4-21(28-12-9-24-7-10-27-11-8-24)23(26-2)19(17)15-25(20)6-5-22(18)29-16/h3-4,13,20H,5-12,14-15H2,1-2H3/t20-/m0/s1. The van der Waals surface area contributed by atoms with Crippen LogP contribution in [0, 0.1) is 6.92 Å². The number of hydrogen-bond donors (Lipinski definition) is 0. The number of rotatable bonds is 5. The third kappa shape index (κ3) is 3.79. The molecule has 5 nitrogen and oxygen atoms in total. The molecule has 0 amide bonds. The van der Waals surface area contributed by atoms with Crippen LogP contribution in [0.1, 0.15) is 32.5 Å². The third-order valence-corrected chi connectivity index (χ3v) is 7.59. The largest absolute Gasteiger partial charge is 0.493 e. The summed E-state index contributed by atoms with van der Waals surface area (Å²) < 4.78 is 17.4. The maximum Gasteiger partial charge on any atom is 0.165 e. The monoisotopic (exact) mass is 414 g/mol. The van der Waals surface area contributed by atoms with Crippen molar-refractivity contribution in [1.82, 2.24) is 9.80 Å². The van der Waals surface area contributed by atoms with Crippen molar-refractivity contribution < 1.29 is 14.2 Å². The van der Waals surface area contributed by atoms with Crippen LogP contribution in [0.2, 0.25) is 0 Å². The van der Waals surface area contributed by atoms with Crippen LogP contribution in [0.3, 0.4) is 0 Å². The lowest BCUT2D eigenvalue weighted by Gasteiger charge is -2.40. The first-order valence-electron chi connectivity index (χ1n) is 10.7. The topological polar surface area (TPSA) is 34.2 Å². The number of benzene rings is 1. The fourth-order valence-electron chi connectivity index (χ4n) is 4.96. The molecule has 1 aromatic carbocycles. The highest BCUT2D eigenvalue weighted by molar-refractivity contribution is 7.12. The second-order valence-corrected chi connectivity index (χ2v) is 9.55. The third-order valence-electron chi connectivity index (χ3n) is 6.46. The van der Waals surface area contributed by atoms with Crippen molar-refractivity contribution in [2.24, 2.45) is 0 Å². The van der Waals surface area contributed by atoms with Crippen LogP contribution in [-0.2, 0) is 24.1 Å². The fourth-order valence-corrected chi connectivity index (χ4v) is 6.04. The SMILES string of the molecule is COc1c(OCCN2CCOCC2)ccc2c1CN1CCc3sc(C)cc3[C@@H]1C2. The average Bonchev–Trinajstić information content (AvgIpc) is 3.14. The molecule has 0 spiro atoms. The maximum atomic E-state index is 6.17. The summed E-state index contributed by atoms with van der Waals surface area (Å²) in [5.41, 5.74) is 4.26.